The van der Waals surface area contributed by atoms with Crippen molar-refractivity contribution in [1.82, 2.24) is 4.47 Å². The second kappa shape index (κ2) is 4.92. The van der Waals surface area contributed by atoms with Crippen LogP contribution in [-0.4, -0.2) is 39.5 Å². The van der Waals surface area contributed by atoms with Gasteiger partial charge in [0.05, 0.1) is 12.0 Å². The van der Waals surface area contributed by atoms with Gasteiger partial charge in [0.25, 0.3) is 10.0 Å². The zero-order valence-corrected chi connectivity index (χ0v) is 11.9. The highest BCUT2D eigenvalue weighted by Gasteiger charge is 2.26. The number of nitrogens with zero attached hydrogens (tertiary/aromatic N) is 2. The largest absolute Gasteiger partial charge is 0.312 e. The molecule has 1 aliphatic rings. The number of fused-ring (bicyclic) bond motifs is 1. The van der Waals surface area contributed by atoms with E-state index in [9.17, 15) is 13.2 Å². The smallest absolute Gasteiger partial charge is 0.264 e. The first-order valence-electron chi connectivity index (χ1n) is 5.82. The summed E-state index contributed by atoms with van der Waals surface area (Å²) < 4.78 is 25.0. The van der Waals surface area contributed by atoms with E-state index in [-0.39, 0.29) is 10.8 Å². The molecule has 0 fully saturated rings. The Morgan fingerprint density at radius 3 is 2.68 bits per heavy atom. The highest BCUT2D eigenvalue weighted by Crippen LogP contribution is 2.30. The molecule has 1 aliphatic heterocycles. The molecule has 19 heavy (non-hydrogen) atoms. The summed E-state index contributed by atoms with van der Waals surface area (Å²) in [6, 6.07) is 4.76. The Kier molecular flexibility index (Phi) is 3.62. The summed E-state index contributed by atoms with van der Waals surface area (Å²) >= 11 is 0. The maximum absolute atomic E-state index is 12.1. The van der Waals surface area contributed by atoms with E-state index < -0.39 is 10.0 Å². The Bertz CT molecular complexity index is 612. The molecule has 0 radical (unpaired) electrons. The zero-order chi connectivity index (χ0) is 14.2. The van der Waals surface area contributed by atoms with E-state index in [1.807, 2.05) is 0 Å². The molecule has 1 aromatic rings. The molecule has 0 unspecified atom stereocenters. The Balaban J connectivity index is 2.42. The van der Waals surface area contributed by atoms with E-state index in [2.05, 4.69) is 0 Å². The lowest BCUT2D eigenvalue weighted by Crippen LogP contribution is -2.26. The Morgan fingerprint density at radius 2 is 2.11 bits per heavy atom. The number of hydroxylamine groups is 1. The third-order valence-corrected chi connectivity index (χ3v) is 4.90. The fourth-order valence-corrected chi connectivity index (χ4v) is 3.14. The van der Waals surface area contributed by atoms with E-state index in [1.165, 1.54) is 27.1 Å². The van der Waals surface area contributed by atoms with E-state index >= 15 is 0 Å². The average molecular weight is 284 g/mol. The number of amides is 1. The van der Waals surface area contributed by atoms with Crippen molar-refractivity contribution in [3.63, 3.8) is 0 Å². The highest BCUT2D eigenvalue weighted by atomic mass is 32.2. The minimum absolute atomic E-state index is 0.0385. The first-order chi connectivity index (χ1) is 8.87. The normalized spacial score (nSPS) is 14.8. The summed E-state index contributed by atoms with van der Waals surface area (Å²) in [5.41, 5.74) is 1.65. The lowest BCUT2D eigenvalue weighted by molar-refractivity contribution is -0.116. The van der Waals surface area contributed by atoms with Gasteiger partial charge in [0, 0.05) is 26.2 Å². The maximum Gasteiger partial charge on any atom is 0.264 e. The molecule has 104 valence electrons. The van der Waals surface area contributed by atoms with Crippen molar-refractivity contribution in [1.29, 1.82) is 0 Å². The van der Waals surface area contributed by atoms with Crippen molar-refractivity contribution < 1.29 is 18.0 Å². The number of benzene rings is 1. The predicted octanol–water partition coefficient (Wildman–Crippen LogP) is 0.778. The molecule has 0 bridgehead atoms. The molecule has 1 amide bonds. The van der Waals surface area contributed by atoms with Gasteiger partial charge in [-0.3, -0.25) is 9.63 Å². The van der Waals surface area contributed by atoms with Gasteiger partial charge >= 0.3 is 0 Å². The number of sulfonamides is 1. The molecule has 0 atom stereocenters. The van der Waals surface area contributed by atoms with Crippen molar-refractivity contribution in [2.24, 2.45) is 0 Å². The topological polar surface area (TPSA) is 66.9 Å². The maximum atomic E-state index is 12.1. The summed E-state index contributed by atoms with van der Waals surface area (Å²) in [5, 5.41) is 0. The second-order valence-corrected chi connectivity index (χ2v) is 6.24. The lowest BCUT2D eigenvalue weighted by atomic mass is 10.2. The van der Waals surface area contributed by atoms with Crippen LogP contribution in [0.1, 0.15) is 12.5 Å². The minimum Gasteiger partial charge on any atom is -0.312 e. The third-order valence-electron chi connectivity index (χ3n) is 3.22. The lowest BCUT2D eigenvalue weighted by Gasteiger charge is -2.17. The van der Waals surface area contributed by atoms with E-state index in [1.54, 1.807) is 17.0 Å². The van der Waals surface area contributed by atoms with Crippen LogP contribution in [0, 0.1) is 0 Å². The van der Waals surface area contributed by atoms with Crippen LogP contribution >= 0.6 is 0 Å². The highest BCUT2D eigenvalue weighted by molar-refractivity contribution is 7.89. The summed E-state index contributed by atoms with van der Waals surface area (Å²) in [6.45, 7) is 2.09. The number of rotatable bonds is 3. The molecule has 0 spiro atoms. The van der Waals surface area contributed by atoms with Crippen LogP contribution in [0.5, 0.6) is 0 Å². The molecular formula is C12H16N2O4S. The summed E-state index contributed by atoms with van der Waals surface area (Å²) in [5.74, 6) is -0.0385. The van der Waals surface area contributed by atoms with Gasteiger partial charge in [-0.2, -0.15) is 0 Å². The monoisotopic (exact) mass is 284 g/mol. The van der Waals surface area contributed by atoms with Crippen LogP contribution < -0.4 is 4.90 Å². The van der Waals surface area contributed by atoms with Crippen LogP contribution in [0.2, 0.25) is 0 Å². The van der Waals surface area contributed by atoms with Crippen LogP contribution in [0.15, 0.2) is 23.1 Å². The van der Waals surface area contributed by atoms with Crippen LogP contribution in [0.3, 0.4) is 0 Å². The van der Waals surface area contributed by atoms with Crippen molar-refractivity contribution in [2.75, 3.05) is 25.6 Å². The Morgan fingerprint density at radius 1 is 1.42 bits per heavy atom. The van der Waals surface area contributed by atoms with Crippen molar-refractivity contribution in [3.05, 3.63) is 23.8 Å². The van der Waals surface area contributed by atoms with Crippen molar-refractivity contribution in [3.8, 4) is 0 Å². The van der Waals surface area contributed by atoms with E-state index in [0.717, 1.165) is 15.7 Å². The summed E-state index contributed by atoms with van der Waals surface area (Å²) in [4.78, 5) is 18.0. The van der Waals surface area contributed by atoms with Crippen LogP contribution in [0.25, 0.3) is 0 Å². The average Bonchev–Trinajstić information content (AvgIpc) is 2.80. The standard InChI is InChI=1S/C12H16N2O4S/c1-9(15)14-7-6-10-8-11(4-5-12(10)14)19(16,17)13(2)18-3/h4-5,8H,6-7H2,1-3H3. The molecule has 7 heteroatoms. The molecule has 1 aromatic carbocycles. The number of carbonyl (C=O) groups is 1. The Labute approximate surface area is 112 Å². The van der Waals surface area contributed by atoms with Crippen molar-refractivity contribution >= 4 is 21.6 Å². The Hall–Kier alpha value is -1.44. The zero-order valence-electron chi connectivity index (χ0n) is 11.1. The molecule has 0 aliphatic carbocycles. The molecule has 0 saturated carbocycles. The van der Waals surface area contributed by atoms with Gasteiger partial charge in [0.1, 0.15) is 0 Å². The number of hydrogen-bond donors (Lipinski definition) is 0. The van der Waals surface area contributed by atoms with Gasteiger partial charge in [0.2, 0.25) is 5.91 Å². The first kappa shape index (κ1) is 14.0. The summed E-state index contributed by atoms with van der Waals surface area (Å²) in [6.07, 6.45) is 0.662. The molecular weight excluding hydrogens is 268 g/mol. The van der Waals surface area contributed by atoms with Gasteiger partial charge < -0.3 is 4.90 Å². The molecule has 0 saturated heterocycles. The molecule has 2 rings (SSSR count). The predicted molar refractivity (Wildman–Crippen MR) is 70.1 cm³/mol. The molecule has 0 N–H and O–H groups in total. The number of carbonyl (C=O) groups excluding carboxylic acids is 1. The fourth-order valence-electron chi connectivity index (χ4n) is 2.11. The SMILES string of the molecule is CON(C)S(=O)(=O)c1ccc2c(c1)CCN2C(C)=O. The third kappa shape index (κ3) is 2.36. The number of hydrogen-bond acceptors (Lipinski definition) is 4. The van der Waals surface area contributed by atoms with Crippen LogP contribution in [0.4, 0.5) is 5.69 Å². The van der Waals surface area contributed by atoms with Gasteiger partial charge in [-0.25, -0.2) is 8.42 Å². The summed E-state index contributed by atoms with van der Waals surface area (Å²) in [7, 11) is -1.01. The quantitative estimate of drug-likeness (QED) is 0.769. The van der Waals surface area contributed by atoms with Crippen molar-refractivity contribution in [2.45, 2.75) is 18.2 Å². The fraction of sp³-hybridized carbons (Fsp3) is 0.417. The minimum atomic E-state index is -3.64. The van der Waals surface area contributed by atoms with E-state index in [4.69, 9.17) is 4.84 Å². The number of anilines is 1. The van der Waals surface area contributed by atoms with Crippen LogP contribution in [-0.2, 0) is 26.1 Å². The molecule has 0 aromatic heterocycles. The molecule has 1 heterocycles. The molecule has 6 nitrogen and oxygen atoms in total. The van der Waals surface area contributed by atoms with Gasteiger partial charge in [-0.15, -0.1) is 0 Å². The first-order valence-corrected chi connectivity index (χ1v) is 7.26. The second-order valence-electron chi connectivity index (χ2n) is 4.31. The van der Waals surface area contributed by atoms with Gasteiger partial charge in [-0.05, 0) is 30.2 Å². The van der Waals surface area contributed by atoms with Gasteiger partial charge in [-0.1, -0.05) is 4.47 Å². The van der Waals surface area contributed by atoms with E-state index in [0.29, 0.717) is 13.0 Å². The van der Waals surface area contributed by atoms with Gasteiger partial charge in [0.15, 0.2) is 0 Å².